The molecule has 1 heterocycles. The van der Waals surface area contributed by atoms with Gasteiger partial charge in [-0.25, -0.2) is 0 Å². The first-order chi connectivity index (χ1) is 4.41. The van der Waals surface area contributed by atoms with Crippen molar-refractivity contribution in [1.29, 1.82) is 0 Å². The molecule has 1 rings (SSSR count). The molecule has 0 saturated carbocycles. The van der Waals surface area contributed by atoms with Gasteiger partial charge >= 0.3 is 0 Å². The second kappa shape index (κ2) is 6.97. The molecule has 0 saturated heterocycles. The number of rotatable bonds is 0. The molecule has 4 heteroatoms. The minimum absolute atomic E-state index is 1.58. The average molecular weight is 127 g/mol. The van der Waals surface area contributed by atoms with Crippen LogP contribution in [0.4, 0.5) is 0 Å². The van der Waals surface area contributed by atoms with E-state index in [0.717, 1.165) is 0 Å². The average Bonchev–Trinajstić information content (AvgIpc) is 1.93. The summed E-state index contributed by atoms with van der Waals surface area (Å²) < 4.78 is 4.25. The van der Waals surface area contributed by atoms with Crippen LogP contribution in [0.5, 0.6) is 0 Å². The van der Waals surface area contributed by atoms with E-state index in [0.29, 0.717) is 0 Å². The zero-order valence-corrected chi connectivity index (χ0v) is 5.48. The van der Waals surface area contributed by atoms with Crippen LogP contribution in [0.15, 0.2) is 18.5 Å². The van der Waals surface area contributed by atoms with Gasteiger partial charge in [-0.05, 0) is 11.3 Å². The van der Waals surface area contributed by atoms with Gasteiger partial charge in [-0.15, -0.1) is 10.2 Å². The quantitative estimate of drug-likeness (QED) is 0.497. The van der Waals surface area contributed by atoms with Gasteiger partial charge in [0.25, 0.3) is 0 Å². The summed E-state index contributed by atoms with van der Waals surface area (Å²) in [5.41, 5.74) is 0. The number of aromatic nitrogens is 3. The summed E-state index contributed by atoms with van der Waals surface area (Å²) in [7, 11) is 3.25. The molecule has 0 radical (unpaired) electrons. The first-order valence-corrected chi connectivity index (χ1v) is 2.40. The van der Waals surface area contributed by atoms with Crippen molar-refractivity contribution in [2.45, 2.75) is 0 Å². The van der Waals surface area contributed by atoms with Gasteiger partial charge in [-0.1, -0.05) is 0 Å². The highest BCUT2D eigenvalue weighted by Gasteiger charge is 1.60. The van der Waals surface area contributed by atoms with Gasteiger partial charge in [-0.2, -0.15) is 0 Å². The van der Waals surface area contributed by atoms with Crippen molar-refractivity contribution in [3.8, 4) is 0 Å². The second-order valence-corrected chi connectivity index (χ2v) is 1.22. The van der Waals surface area contributed by atoms with Gasteiger partial charge in [0.05, 0.1) is 12.4 Å². The van der Waals surface area contributed by atoms with Crippen LogP contribution in [0, 0.1) is 0 Å². The fourth-order valence-electron chi connectivity index (χ4n) is 0.205. The molecule has 0 bridgehead atoms. The lowest BCUT2D eigenvalue weighted by Crippen LogP contribution is -1.78. The maximum atomic E-state index is 4.25. The zero-order valence-electron chi connectivity index (χ0n) is 5.48. The smallest absolute Gasteiger partial charge is 0.0529 e. The maximum Gasteiger partial charge on any atom is 0.0529 e. The van der Waals surface area contributed by atoms with Crippen LogP contribution in [0.2, 0.25) is 0 Å². The van der Waals surface area contributed by atoms with E-state index in [1.165, 1.54) is 0 Å². The topological polar surface area (TPSA) is 47.9 Å². The molecule has 4 nitrogen and oxygen atoms in total. The molecule has 0 unspecified atom stereocenters. The van der Waals surface area contributed by atoms with Crippen LogP contribution in [0.3, 0.4) is 0 Å². The van der Waals surface area contributed by atoms with E-state index in [4.69, 9.17) is 0 Å². The predicted molar refractivity (Wildman–Crippen MR) is 32.8 cm³/mol. The molecule has 0 N–H and O–H groups in total. The maximum absolute atomic E-state index is 4.25. The second-order valence-electron chi connectivity index (χ2n) is 1.22. The minimum atomic E-state index is 1.58. The summed E-state index contributed by atoms with van der Waals surface area (Å²) >= 11 is 0. The fourth-order valence-corrected chi connectivity index (χ4v) is 0.205. The van der Waals surface area contributed by atoms with Crippen molar-refractivity contribution in [1.82, 2.24) is 15.4 Å². The molecule has 0 aliphatic heterocycles. The van der Waals surface area contributed by atoms with Crippen molar-refractivity contribution >= 4 is 0 Å². The summed E-state index contributed by atoms with van der Waals surface area (Å²) in [5.74, 6) is 0. The summed E-state index contributed by atoms with van der Waals surface area (Å²) in [5, 5.41) is 10.1. The highest BCUT2D eigenvalue weighted by molar-refractivity contribution is 4.69. The van der Waals surface area contributed by atoms with Crippen LogP contribution in [0.25, 0.3) is 0 Å². The van der Waals surface area contributed by atoms with E-state index < -0.39 is 0 Å². The molecule has 0 atom stereocenters. The molecule has 1 aromatic rings. The zero-order chi connectivity index (χ0) is 6.95. The Kier molecular flexibility index (Phi) is 6.17. The van der Waals surface area contributed by atoms with Gasteiger partial charge in [-0.3, -0.25) is 0 Å². The van der Waals surface area contributed by atoms with Gasteiger partial charge in [0.1, 0.15) is 0 Å². The lowest BCUT2D eigenvalue weighted by molar-refractivity contribution is 0.277. The molecule has 0 fully saturated rings. The summed E-state index contributed by atoms with van der Waals surface area (Å²) in [6, 6.07) is 1.72. The predicted octanol–water partition coefficient (Wildman–Crippen LogP) is 0.134. The summed E-state index contributed by atoms with van der Waals surface area (Å²) in [4.78, 5) is 0. The van der Waals surface area contributed by atoms with Crippen molar-refractivity contribution in [2.24, 2.45) is 0 Å². The standard InChI is InChI=1S/C3H3N3.C2H6O/c1-2-4-6-5-3-1;1-3-2/h1-3H;1-2H3. The monoisotopic (exact) mass is 127 g/mol. The third kappa shape index (κ3) is 6.97. The SMILES string of the molecule is COC.c1cnnnc1. The normalized spacial score (nSPS) is 7.33. The Morgan fingerprint density at radius 1 is 1.11 bits per heavy atom. The lowest BCUT2D eigenvalue weighted by Gasteiger charge is -1.68. The molecular weight excluding hydrogens is 118 g/mol. The summed E-state index contributed by atoms with van der Waals surface area (Å²) in [6.45, 7) is 0. The van der Waals surface area contributed by atoms with Crippen LogP contribution in [-0.2, 0) is 4.74 Å². The summed E-state index contributed by atoms with van der Waals surface area (Å²) in [6.07, 6.45) is 3.15. The molecule has 0 amide bonds. The molecular formula is C5H9N3O. The van der Waals surface area contributed by atoms with Crippen molar-refractivity contribution in [3.63, 3.8) is 0 Å². The third-order valence-electron chi connectivity index (χ3n) is 0.409. The van der Waals surface area contributed by atoms with E-state index in [9.17, 15) is 0 Å². The third-order valence-corrected chi connectivity index (χ3v) is 0.409. The minimum Gasteiger partial charge on any atom is -0.388 e. The van der Waals surface area contributed by atoms with Gasteiger partial charge < -0.3 is 4.74 Å². The van der Waals surface area contributed by atoms with Crippen LogP contribution in [-0.4, -0.2) is 29.6 Å². The molecule has 9 heavy (non-hydrogen) atoms. The first-order valence-electron chi connectivity index (χ1n) is 2.40. The number of ether oxygens (including phenoxy) is 1. The Hall–Kier alpha value is -1.03. The van der Waals surface area contributed by atoms with Gasteiger partial charge in [0.15, 0.2) is 0 Å². The Morgan fingerprint density at radius 3 is 1.67 bits per heavy atom. The number of methoxy groups -OCH3 is 1. The van der Waals surface area contributed by atoms with Crippen molar-refractivity contribution in [2.75, 3.05) is 14.2 Å². The van der Waals surface area contributed by atoms with Gasteiger partial charge in [0, 0.05) is 14.2 Å². The first kappa shape index (κ1) is 7.97. The lowest BCUT2D eigenvalue weighted by atomic mass is 10.7. The van der Waals surface area contributed by atoms with Crippen molar-refractivity contribution < 1.29 is 4.74 Å². The molecule has 0 spiro atoms. The Morgan fingerprint density at radius 2 is 1.56 bits per heavy atom. The largest absolute Gasteiger partial charge is 0.388 e. The van der Waals surface area contributed by atoms with Crippen LogP contribution < -0.4 is 0 Å². The van der Waals surface area contributed by atoms with E-state index in [-0.39, 0.29) is 0 Å². The van der Waals surface area contributed by atoms with Crippen molar-refractivity contribution in [3.05, 3.63) is 18.5 Å². The highest BCUT2D eigenvalue weighted by Crippen LogP contribution is 1.61. The highest BCUT2D eigenvalue weighted by atomic mass is 16.4. The number of nitrogens with zero attached hydrogens (tertiary/aromatic N) is 3. The van der Waals surface area contributed by atoms with Crippen LogP contribution >= 0.6 is 0 Å². The number of hydrogen-bond acceptors (Lipinski definition) is 4. The van der Waals surface area contributed by atoms with E-state index in [1.807, 2.05) is 0 Å². The molecule has 1 aromatic heterocycles. The Balaban J connectivity index is 0.000000187. The van der Waals surface area contributed by atoms with E-state index in [2.05, 4.69) is 20.1 Å². The molecule has 0 aliphatic carbocycles. The fraction of sp³-hybridized carbons (Fsp3) is 0.400. The Labute approximate surface area is 53.9 Å². The molecule has 0 aliphatic rings. The van der Waals surface area contributed by atoms with Gasteiger partial charge in [0.2, 0.25) is 0 Å². The number of hydrogen-bond donors (Lipinski definition) is 0. The van der Waals surface area contributed by atoms with Crippen LogP contribution in [0.1, 0.15) is 0 Å². The van der Waals surface area contributed by atoms with E-state index in [1.54, 1.807) is 32.7 Å². The molecule has 50 valence electrons. The van der Waals surface area contributed by atoms with E-state index >= 15 is 0 Å². The Bertz CT molecular complexity index is 95.1. The molecule has 0 aromatic carbocycles.